The summed E-state index contributed by atoms with van der Waals surface area (Å²) < 4.78 is 0. The Morgan fingerprint density at radius 2 is 2.11 bits per heavy atom. The zero-order valence-corrected chi connectivity index (χ0v) is 11.1. The number of nitrogens with two attached hydrogens (primary N) is 1. The molecule has 0 saturated heterocycles. The fourth-order valence-corrected chi connectivity index (χ4v) is 1.41. The number of hydrogen-bond donors (Lipinski definition) is 1. The highest BCUT2D eigenvalue weighted by Gasteiger charge is 1.90. The quantitative estimate of drug-likeness (QED) is 0.639. The molecule has 0 fully saturated rings. The van der Waals surface area contributed by atoms with Crippen molar-refractivity contribution in [3.05, 3.63) is 71.8 Å². The number of carbonyl (C=O) groups excluding carboxylic acids is 1. The van der Waals surface area contributed by atoms with Crippen LogP contribution in [0.5, 0.6) is 0 Å². The van der Waals surface area contributed by atoms with Gasteiger partial charge >= 0.3 is 0 Å². The second-order valence-corrected chi connectivity index (χ2v) is 3.87. The van der Waals surface area contributed by atoms with Crippen molar-refractivity contribution in [2.75, 3.05) is 0 Å². The van der Waals surface area contributed by atoms with Gasteiger partial charge in [0, 0.05) is 0 Å². The van der Waals surface area contributed by atoms with Crippen LogP contribution in [0.1, 0.15) is 18.1 Å². The number of carbonyl (C=O) groups is 1. The minimum atomic E-state index is 0.250. The molecule has 2 N–H and O–H groups in total. The van der Waals surface area contributed by atoms with Crippen molar-refractivity contribution in [2.45, 2.75) is 20.3 Å². The van der Waals surface area contributed by atoms with Crippen LogP contribution in [0.15, 0.2) is 60.7 Å². The molecule has 0 bridgehead atoms. The first kappa shape index (κ1) is 15.9. The number of aryl methyl sites for hydroxylation is 1. The van der Waals surface area contributed by atoms with Gasteiger partial charge in [-0.3, -0.25) is 4.79 Å². The number of rotatable bonds is 4. The topological polar surface area (TPSA) is 43.1 Å². The molecule has 2 heteroatoms. The summed E-state index contributed by atoms with van der Waals surface area (Å²) in [5.41, 5.74) is 8.12. The van der Waals surface area contributed by atoms with Crippen molar-refractivity contribution >= 4 is 6.41 Å². The van der Waals surface area contributed by atoms with Crippen LogP contribution in [0.25, 0.3) is 0 Å². The summed E-state index contributed by atoms with van der Waals surface area (Å²) in [6.07, 6.45) is 9.30. The van der Waals surface area contributed by atoms with E-state index in [1.54, 1.807) is 6.08 Å². The van der Waals surface area contributed by atoms with Crippen LogP contribution in [0, 0.1) is 6.92 Å². The summed E-state index contributed by atoms with van der Waals surface area (Å²) in [6.45, 7) is 7.88. The first-order chi connectivity index (χ1) is 8.63. The van der Waals surface area contributed by atoms with Gasteiger partial charge in [-0.15, -0.1) is 0 Å². The molecule has 0 aliphatic heterocycles. The molecule has 0 radical (unpaired) electrons. The molecule has 18 heavy (non-hydrogen) atoms. The summed E-state index contributed by atoms with van der Waals surface area (Å²) in [6, 6.07) is 8.61. The molecule has 0 aliphatic rings. The van der Waals surface area contributed by atoms with Crippen LogP contribution in [0.2, 0.25) is 0 Å². The minimum Gasteiger partial charge on any atom is -0.372 e. The lowest BCUT2D eigenvalue weighted by Gasteiger charge is -1.98. The molecule has 0 atom stereocenters. The van der Waals surface area contributed by atoms with Gasteiger partial charge in [-0.1, -0.05) is 66.3 Å². The lowest BCUT2D eigenvalue weighted by Crippen LogP contribution is -1.83. The van der Waals surface area contributed by atoms with Gasteiger partial charge in [0.25, 0.3) is 0 Å². The van der Waals surface area contributed by atoms with Crippen LogP contribution in [0.4, 0.5) is 0 Å². The first-order valence-corrected chi connectivity index (χ1v) is 5.80. The number of allylic oxidation sites excluding steroid dienone is 5. The second-order valence-electron chi connectivity index (χ2n) is 3.87. The number of primary amides is 1. The molecule has 0 heterocycles. The molecule has 1 rings (SSSR count). The van der Waals surface area contributed by atoms with E-state index in [2.05, 4.69) is 62.6 Å². The SMILES string of the molecule is C=C/C=C\C(C)=C/Cc1cccc(C)c1.NC=O. The van der Waals surface area contributed by atoms with Gasteiger partial charge in [-0.25, -0.2) is 0 Å². The summed E-state index contributed by atoms with van der Waals surface area (Å²) >= 11 is 0. The van der Waals surface area contributed by atoms with Gasteiger partial charge in [-0.2, -0.15) is 0 Å². The first-order valence-electron chi connectivity index (χ1n) is 5.80. The van der Waals surface area contributed by atoms with Crippen molar-refractivity contribution in [1.29, 1.82) is 0 Å². The maximum Gasteiger partial charge on any atom is 0.204 e. The van der Waals surface area contributed by atoms with Crippen LogP contribution < -0.4 is 5.73 Å². The second kappa shape index (κ2) is 10.1. The maximum absolute atomic E-state index is 8.58. The van der Waals surface area contributed by atoms with Gasteiger partial charge in [0.1, 0.15) is 0 Å². The van der Waals surface area contributed by atoms with Crippen molar-refractivity contribution < 1.29 is 4.79 Å². The van der Waals surface area contributed by atoms with Gasteiger partial charge in [0.15, 0.2) is 0 Å². The number of benzene rings is 1. The Kier molecular flexibility index (Phi) is 8.92. The molecule has 1 aromatic carbocycles. The third kappa shape index (κ3) is 8.11. The third-order valence-corrected chi connectivity index (χ3v) is 2.24. The molecular formula is C16H21NO. The predicted molar refractivity (Wildman–Crippen MR) is 78.2 cm³/mol. The Morgan fingerprint density at radius 3 is 2.67 bits per heavy atom. The average molecular weight is 243 g/mol. The molecule has 96 valence electrons. The van der Waals surface area contributed by atoms with Crippen molar-refractivity contribution in [3.63, 3.8) is 0 Å². The molecular weight excluding hydrogens is 222 g/mol. The summed E-state index contributed by atoms with van der Waals surface area (Å²) in [4.78, 5) is 8.58. The Morgan fingerprint density at radius 1 is 1.44 bits per heavy atom. The van der Waals surface area contributed by atoms with Crippen molar-refractivity contribution in [3.8, 4) is 0 Å². The normalized spacial score (nSPS) is 10.7. The van der Waals surface area contributed by atoms with Crippen LogP contribution in [0.3, 0.4) is 0 Å². The van der Waals surface area contributed by atoms with Crippen LogP contribution in [-0.4, -0.2) is 6.41 Å². The van der Waals surface area contributed by atoms with Gasteiger partial charge in [0.2, 0.25) is 6.41 Å². The van der Waals surface area contributed by atoms with Crippen LogP contribution in [-0.2, 0) is 11.2 Å². The Balaban J connectivity index is 0.000000873. The Labute approximate surface area is 110 Å². The number of hydrogen-bond acceptors (Lipinski definition) is 1. The third-order valence-electron chi connectivity index (χ3n) is 2.24. The fraction of sp³-hybridized carbons (Fsp3) is 0.188. The zero-order chi connectivity index (χ0) is 13.8. The van der Waals surface area contributed by atoms with Gasteiger partial charge < -0.3 is 5.73 Å². The summed E-state index contributed by atoms with van der Waals surface area (Å²) in [7, 11) is 0. The highest BCUT2D eigenvalue weighted by molar-refractivity contribution is 5.42. The average Bonchev–Trinajstić information content (AvgIpc) is 2.35. The molecule has 2 nitrogen and oxygen atoms in total. The Bertz CT molecular complexity index is 430. The van der Waals surface area contributed by atoms with E-state index < -0.39 is 0 Å². The summed E-state index contributed by atoms with van der Waals surface area (Å²) in [5.74, 6) is 0. The molecule has 0 spiro atoms. The zero-order valence-electron chi connectivity index (χ0n) is 11.1. The lowest BCUT2D eigenvalue weighted by molar-refractivity contribution is -0.106. The molecule has 0 aliphatic carbocycles. The van der Waals surface area contributed by atoms with E-state index in [9.17, 15) is 0 Å². The standard InChI is InChI=1S/C15H18.CH3NO/c1-4-5-7-13(2)10-11-15-9-6-8-14(3)12-15;2-1-3/h4-10,12H,1,11H2,2-3H3;1H,(H2,2,3)/b7-5-,13-10-;. The van der Waals surface area contributed by atoms with Crippen LogP contribution >= 0.6 is 0 Å². The highest BCUT2D eigenvalue weighted by Crippen LogP contribution is 2.07. The molecule has 0 aromatic heterocycles. The lowest BCUT2D eigenvalue weighted by atomic mass is 10.1. The summed E-state index contributed by atoms with van der Waals surface area (Å²) in [5, 5.41) is 0. The Hall–Kier alpha value is -2.09. The van der Waals surface area contributed by atoms with Crippen molar-refractivity contribution in [1.82, 2.24) is 0 Å². The van der Waals surface area contributed by atoms with Gasteiger partial charge in [-0.05, 0) is 25.8 Å². The van der Waals surface area contributed by atoms with E-state index in [-0.39, 0.29) is 6.41 Å². The molecule has 1 aromatic rings. The monoisotopic (exact) mass is 243 g/mol. The maximum atomic E-state index is 8.58. The highest BCUT2D eigenvalue weighted by atomic mass is 16.1. The van der Waals surface area contributed by atoms with E-state index in [4.69, 9.17) is 4.79 Å². The van der Waals surface area contributed by atoms with E-state index in [1.807, 2.05) is 6.08 Å². The van der Waals surface area contributed by atoms with E-state index in [1.165, 1.54) is 16.7 Å². The van der Waals surface area contributed by atoms with E-state index in [0.717, 1.165) is 6.42 Å². The largest absolute Gasteiger partial charge is 0.372 e. The molecule has 0 saturated carbocycles. The molecule has 1 amide bonds. The van der Waals surface area contributed by atoms with Crippen molar-refractivity contribution in [2.24, 2.45) is 5.73 Å². The minimum absolute atomic E-state index is 0.250. The predicted octanol–water partition coefficient (Wildman–Crippen LogP) is 3.33. The van der Waals surface area contributed by atoms with E-state index >= 15 is 0 Å². The van der Waals surface area contributed by atoms with E-state index in [0.29, 0.717) is 0 Å². The number of amides is 1. The van der Waals surface area contributed by atoms with Gasteiger partial charge in [0.05, 0.1) is 0 Å². The smallest absolute Gasteiger partial charge is 0.204 e. The fourth-order valence-electron chi connectivity index (χ4n) is 1.41. The molecule has 0 unspecified atom stereocenters.